The number of nitrogens with zero attached hydrogens (tertiary/aromatic N) is 2. The van der Waals surface area contributed by atoms with Crippen molar-refractivity contribution in [1.29, 1.82) is 0 Å². The van der Waals surface area contributed by atoms with Gasteiger partial charge in [0.2, 0.25) is 5.78 Å². The van der Waals surface area contributed by atoms with E-state index in [1.165, 1.54) is 0 Å². The van der Waals surface area contributed by atoms with E-state index in [0.717, 1.165) is 17.0 Å². The van der Waals surface area contributed by atoms with Gasteiger partial charge in [-0.25, -0.2) is 4.99 Å². The Bertz CT molecular complexity index is 857. The van der Waals surface area contributed by atoms with E-state index in [-0.39, 0.29) is 5.78 Å². The number of anilines is 1. The lowest BCUT2D eigenvalue weighted by Crippen LogP contribution is -2.48. The van der Waals surface area contributed by atoms with Gasteiger partial charge in [0, 0.05) is 24.2 Å². The number of Topliss-reactive ketones (excluding diaryl/α,β-unsaturated/α-hetero) is 1. The fraction of sp³-hybridized carbons (Fsp3) is 0.263. The van der Waals surface area contributed by atoms with Gasteiger partial charge in [0.25, 0.3) is 0 Å². The van der Waals surface area contributed by atoms with Crippen LogP contribution in [0.25, 0.3) is 0 Å². The average molecular weight is 322 g/mol. The SMILES string of the molecule is COc1ccc(N2CC[C@@]3(O)C(=O)c4cc(C)ccc4N=C23)cc1. The van der Waals surface area contributed by atoms with E-state index in [2.05, 4.69) is 4.99 Å². The van der Waals surface area contributed by atoms with Crippen molar-refractivity contribution in [2.45, 2.75) is 18.9 Å². The highest BCUT2D eigenvalue weighted by atomic mass is 16.5. The number of carbonyl (C=O) groups is 1. The number of ketones is 1. The number of aliphatic hydroxyl groups is 1. The molecule has 4 rings (SSSR count). The van der Waals surface area contributed by atoms with Crippen molar-refractivity contribution in [2.75, 3.05) is 18.6 Å². The van der Waals surface area contributed by atoms with E-state index in [4.69, 9.17) is 4.74 Å². The first-order valence-corrected chi connectivity index (χ1v) is 7.91. The summed E-state index contributed by atoms with van der Waals surface area (Å²) in [6.45, 7) is 2.47. The highest BCUT2D eigenvalue weighted by Gasteiger charge is 2.52. The minimum absolute atomic E-state index is 0.262. The summed E-state index contributed by atoms with van der Waals surface area (Å²) in [5.74, 6) is 0.909. The summed E-state index contributed by atoms with van der Waals surface area (Å²) in [7, 11) is 1.62. The Labute approximate surface area is 140 Å². The molecule has 24 heavy (non-hydrogen) atoms. The molecule has 0 aliphatic carbocycles. The van der Waals surface area contributed by atoms with Gasteiger partial charge in [-0.3, -0.25) is 4.79 Å². The number of rotatable bonds is 2. The zero-order chi connectivity index (χ0) is 16.9. The van der Waals surface area contributed by atoms with Crippen LogP contribution >= 0.6 is 0 Å². The van der Waals surface area contributed by atoms with E-state index < -0.39 is 5.60 Å². The molecule has 5 heteroatoms. The number of amidine groups is 1. The number of aliphatic imine (C=N–C) groups is 1. The van der Waals surface area contributed by atoms with Gasteiger partial charge in [-0.05, 0) is 43.3 Å². The Morgan fingerprint density at radius 3 is 2.67 bits per heavy atom. The van der Waals surface area contributed by atoms with Crippen LogP contribution in [0.3, 0.4) is 0 Å². The number of fused-ring (bicyclic) bond motifs is 2. The standard InChI is InChI=1S/C19H18N2O3/c1-12-3-8-16-15(11-12)17(22)19(23)9-10-21(18(19)20-16)13-4-6-14(24-2)7-5-13/h3-8,11,23H,9-10H2,1-2H3/t19-/m1/s1. The molecule has 0 bridgehead atoms. The molecule has 122 valence electrons. The molecule has 0 unspecified atom stereocenters. The molecule has 0 radical (unpaired) electrons. The maximum atomic E-state index is 12.9. The van der Waals surface area contributed by atoms with Gasteiger partial charge >= 0.3 is 0 Å². The second-order valence-electron chi connectivity index (χ2n) is 6.25. The molecule has 2 aliphatic rings. The van der Waals surface area contributed by atoms with E-state index in [9.17, 15) is 9.90 Å². The Hall–Kier alpha value is -2.66. The smallest absolute Gasteiger partial charge is 0.204 e. The van der Waals surface area contributed by atoms with Gasteiger partial charge in [0.15, 0.2) is 5.60 Å². The third-order valence-electron chi connectivity index (χ3n) is 4.71. The summed E-state index contributed by atoms with van der Waals surface area (Å²) in [5.41, 5.74) is 1.44. The summed E-state index contributed by atoms with van der Waals surface area (Å²) in [5, 5.41) is 11.0. The van der Waals surface area contributed by atoms with Crippen molar-refractivity contribution >= 4 is 23.0 Å². The van der Waals surface area contributed by atoms with Crippen molar-refractivity contribution in [3.63, 3.8) is 0 Å². The molecule has 1 saturated heterocycles. The number of hydrogen-bond acceptors (Lipinski definition) is 5. The summed E-state index contributed by atoms with van der Waals surface area (Å²) in [6, 6.07) is 13.1. The maximum absolute atomic E-state index is 12.9. The first kappa shape index (κ1) is 14.9. The minimum Gasteiger partial charge on any atom is -0.497 e. The number of benzene rings is 2. The summed E-state index contributed by atoms with van der Waals surface area (Å²) in [6.07, 6.45) is 0.337. The molecule has 0 aromatic heterocycles. The summed E-state index contributed by atoms with van der Waals surface area (Å²) in [4.78, 5) is 19.4. The molecule has 1 atom stereocenters. The predicted molar refractivity (Wildman–Crippen MR) is 92.5 cm³/mol. The van der Waals surface area contributed by atoms with Crippen LogP contribution in [0.2, 0.25) is 0 Å². The molecule has 0 spiro atoms. The number of methoxy groups -OCH3 is 1. The Morgan fingerprint density at radius 1 is 1.21 bits per heavy atom. The molecular formula is C19H18N2O3. The topological polar surface area (TPSA) is 62.1 Å². The zero-order valence-electron chi connectivity index (χ0n) is 13.6. The van der Waals surface area contributed by atoms with Crippen molar-refractivity contribution in [3.8, 4) is 5.75 Å². The van der Waals surface area contributed by atoms with Crippen LogP contribution in [0.1, 0.15) is 22.3 Å². The summed E-state index contributed by atoms with van der Waals surface area (Å²) >= 11 is 0. The van der Waals surface area contributed by atoms with E-state index in [0.29, 0.717) is 30.1 Å². The van der Waals surface area contributed by atoms with E-state index in [1.54, 1.807) is 13.2 Å². The van der Waals surface area contributed by atoms with Crippen molar-refractivity contribution in [3.05, 3.63) is 53.6 Å². The molecule has 2 aliphatic heterocycles. The Kier molecular flexibility index (Phi) is 3.21. The van der Waals surface area contributed by atoms with Gasteiger partial charge in [-0.2, -0.15) is 0 Å². The van der Waals surface area contributed by atoms with Gasteiger partial charge in [-0.15, -0.1) is 0 Å². The highest BCUT2D eigenvalue weighted by molar-refractivity contribution is 6.28. The number of aryl methyl sites for hydroxylation is 1. The third kappa shape index (κ3) is 2.05. The van der Waals surface area contributed by atoms with Crippen LogP contribution in [0.15, 0.2) is 47.5 Å². The number of hydrogen-bond donors (Lipinski definition) is 1. The lowest BCUT2D eigenvalue weighted by Gasteiger charge is -2.29. The van der Waals surface area contributed by atoms with Crippen LogP contribution in [0.4, 0.5) is 11.4 Å². The van der Waals surface area contributed by atoms with Crippen LogP contribution in [-0.4, -0.2) is 36.0 Å². The normalized spacial score (nSPS) is 22.0. The maximum Gasteiger partial charge on any atom is 0.204 e. The Balaban J connectivity index is 1.81. The number of ether oxygens (including phenoxy) is 1. The molecule has 1 N–H and O–H groups in total. The fourth-order valence-electron chi connectivity index (χ4n) is 3.36. The predicted octanol–water partition coefficient (Wildman–Crippen LogP) is 2.87. The molecule has 2 heterocycles. The van der Waals surface area contributed by atoms with E-state index >= 15 is 0 Å². The third-order valence-corrected chi connectivity index (χ3v) is 4.71. The van der Waals surface area contributed by atoms with Crippen molar-refractivity contribution in [1.82, 2.24) is 0 Å². The molecule has 2 aromatic rings. The molecule has 0 amide bonds. The first-order chi connectivity index (χ1) is 11.5. The molecule has 1 fully saturated rings. The first-order valence-electron chi connectivity index (χ1n) is 7.91. The van der Waals surface area contributed by atoms with Crippen LogP contribution in [-0.2, 0) is 0 Å². The van der Waals surface area contributed by atoms with E-state index in [1.807, 2.05) is 48.2 Å². The van der Waals surface area contributed by atoms with Gasteiger partial charge < -0.3 is 14.7 Å². The van der Waals surface area contributed by atoms with Crippen LogP contribution in [0.5, 0.6) is 5.75 Å². The molecule has 5 nitrogen and oxygen atoms in total. The number of carbonyl (C=O) groups excluding carboxylic acids is 1. The lowest BCUT2D eigenvalue weighted by molar-refractivity contribution is 0.0602. The molecular weight excluding hydrogens is 304 g/mol. The average Bonchev–Trinajstić information content (AvgIpc) is 2.94. The van der Waals surface area contributed by atoms with Gasteiger partial charge in [0.1, 0.15) is 11.6 Å². The quantitative estimate of drug-likeness (QED) is 0.923. The molecule has 0 saturated carbocycles. The zero-order valence-corrected chi connectivity index (χ0v) is 13.6. The largest absolute Gasteiger partial charge is 0.497 e. The van der Waals surface area contributed by atoms with Crippen molar-refractivity contribution < 1.29 is 14.6 Å². The minimum atomic E-state index is -1.54. The monoisotopic (exact) mass is 322 g/mol. The van der Waals surface area contributed by atoms with Gasteiger partial charge in [-0.1, -0.05) is 11.6 Å². The highest BCUT2D eigenvalue weighted by Crippen LogP contribution is 2.39. The molecule has 2 aromatic carbocycles. The van der Waals surface area contributed by atoms with Crippen LogP contribution < -0.4 is 9.64 Å². The second-order valence-corrected chi connectivity index (χ2v) is 6.25. The second kappa shape index (κ2) is 5.18. The van der Waals surface area contributed by atoms with Crippen molar-refractivity contribution in [2.24, 2.45) is 4.99 Å². The van der Waals surface area contributed by atoms with Crippen LogP contribution in [0, 0.1) is 6.92 Å². The lowest BCUT2D eigenvalue weighted by atomic mass is 9.87. The van der Waals surface area contributed by atoms with Gasteiger partial charge in [0.05, 0.1) is 12.8 Å². The Morgan fingerprint density at radius 2 is 1.96 bits per heavy atom. The summed E-state index contributed by atoms with van der Waals surface area (Å²) < 4.78 is 5.18. The fourth-order valence-corrected chi connectivity index (χ4v) is 3.36.